The van der Waals surface area contributed by atoms with Gasteiger partial charge in [-0.15, -0.1) is 0 Å². The summed E-state index contributed by atoms with van der Waals surface area (Å²) in [6.45, 7) is 0.806. The molecule has 1 saturated carbocycles. The lowest BCUT2D eigenvalue weighted by molar-refractivity contribution is 0.0993. The van der Waals surface area contributed by atoms with Crippen LogP contribution in [0.25, 0.3) is 11.1 Å². The van der Waals surface area contributed by atoms with Gasteiger partial charge in [-0.05, 0) is 55.0 Å². The minimum atomic E-state index is -3.68. The van der Waals surface area contributed by atoms with Gasteiger partial charge in [-0.1, -0.05) is 31.4 Å². The summed E-state index contributed by atoms with van der Waals surface area (Å²) in [5, 5.41) is 0. The number of sulfonamides is 1. The van der Waals surface area contributed by atoms with Crippen molar-refractivity contribution in [1.82, 2.24) is 4.72 Å². The maximum Gasteiger partial charge on any atom is 0.212 e. The Kier molecular flexibility index (Phi) is 6.98. The highest BCUT2D eigenvalue weighted by atomic mass is 32.2. The number of hydrogen-bond donors (Lipinski definition) is 1. The third-order valence-corrected chi connectivity index (χ3v) is 6.94. The van der Waals surface area contributed by atoms with E-state index in [9.17, 15) is 26.4 Å². The molecule has 2 aromatic carbocycles. The Labute approximate surface area is 174 Å². The zero-order valence-corrected chi connectivity index (χ0v) is 17.5. The van der Waals surface area contributed by atoms with Crippen molar-refractivity contribution < 1.29 is 26.4 Å². The molecule has 0 aromatic heterocycles. The monoisotopic (exact) mass is 439 g/mol. The number of rotatable bonds is 7. The van der Waals surface area contributed by atoms with Crippen LogP contribution in [-0.2, 0) is 10.0 Å². The summed E-state index contributed by atoms with van der Waals surface area (Å²) in [5.74, 6) is -3.75. The van der Waals surface area contributed by atoms with Gasteiger partial charge in [0.05, 0.1) is 17.9 Å². The molecular weight excluding hydrogens is 415 g/mol. The van der Waals surface area contributed by atoms with Crippen LogP contribution in [0.5, 0.6) is 0 Å². The number of Topliss-reactive ketones (excluding diaryl/α,β-unsaturated/α-hetero) is 1. The average Bonchev–Trinajstić information content (AvgIpc) is 2.71. The third-order valence-electron chi connectivity index (χ3n) is 5.45. The summed E-state index contributed by atoms with van der Waals surface area (Å²) in [4.78, 5) is 12.6. The maximum atomic E-state index is 14.6. The molecule has 0 radical (unpaired) electrons. The second-order valence-electron chi connectivity index (χ2n) is 7.79. The van der Waals surface area contributed by atoms with Crippen molar-refractivity contribution >= 4 is 15.8 Å². The highest BCUT2D eigenvalue weighted by molar-refractivity contribution is 7.89. The van der Waals surface area contributed by atoms with Gasteiger partial charge in [-0.2, -0.15) is 0 Å². The van der Waals surface area contributed by atoms with Crippen LogP contribution < -0.4 is 4.72 Å². The molecule has 8 heteroatoms. The quantitative estimate of drug-likeness (QED) is 0.633. The molecule has 0 spiro atoms. The van der Waals surface area contributed by atoms with Crippen molar-refractivity contribution in [2.75, 3.05) is 12.3 Å². The minimum absolute atomic E-state index is 0.0592. The van der Waals surface area contributed by atoms with Crippen LogP contribution in [0.3, 0.4) is 0 Å². The summed E-state index contributed by atoms with van der Waals surface area (Å²) >= 11 is 0. The second-order valence-corrected chi connectivity index (χ2v) is 9.64. The molecule has 0 heterocycles. The Bertz CT molecular complexity index is 1050. The van der Waals surface area contributed by atoms with Gasteiger partial charge in [-0.3, -0.25) is 4.79 Å². The first-order valence-electron chi connectivity index (χ1n) is 9.93. The van der Waals surface area contributed by atoms with Crippen LogP contribution in [0.1, 0.15) is 48.0 Å². The first kappa shape index (κ1) is 22.5. The number of hydrogen-bond acceptors (Lipinski definition) is 3. The van der Waals surface area contributed by atoms with E-state index in [4.69, 9.17) is 0 Å². The lowest BCUT2D eigenvalue weighted by Crippen LogP contribution is -2.34. The number of carbonyl (C=O) groups is 1. The van der Waals surface area contributed by atoms with E-state index in [-0.39, 0.29) is 33.9 Å². The van der Waals surface area contributed by atoms with E-state index in [1.54, 1.807) is 0 Å². The Balaban J connectivity index is 1.78. The molecule has 1 aliphatic rings. The largest absolute Gasteiger partial charge is 0.293 e. The standard InChI is InChI=1S/C22H24F3NO3S/c1-14-10-16(17-8-5-9-19(23)22(17)25)11-18(21(14)24)20(27)12-26-30(28,29)13-15-6-3-2-4-7-15/h5,8-11,15,26H,2-4,6-7,12-13H2,1H3. The molecule has 0 atom stereocenters. The molecule has 2 aromatic rings. The number of carbonyl (C=O) groups excluding carboxylic acids is 1. The van der Waals surface area contributed by atoms with Crippen molar-refractivity contribution in [3.63, 3.8) is 0 Å². The first-order valence-corrected chi connectivity index (χ1v) is 11.6. The molecule has 1 N–H and O–H groups in total. The van der Waals surface area contributed by atoms with Crippen LogP contribution in [-0.4, -0.2) is 26.5 Å². The van der Waals surface area contributed by atoms with E-state index in [1.165, 1.54) is 25.1 Å². The van der Waals surface area contributed by atoms with E-state index in [0.717, 1.165) is 44.2 Å². The van der Waals surface area contributed by atoms with Crippen LogP contribution >= 0.6 is 0 Å². The minimum Gasteiger partial charge on any atom is -0.293 e. The lowest BCUT2D eigenvalue weighted by atomic mass is 9.91. The van der Waals surface area contributed by atoms with Gasteiger partial charge in [0.1, 0.15) is 5.82 Å². The molecule has 1 fully saturated rings. The normalized spacial score (nSPS) is 15.3. The molecule has 1 aliphatic carbocycles. The highest BCUT2D eigenvalue weighted by Gasteiger charge is 2.23. The molecule has 0 unspecified atom stereocenters. The Morgan fingerprint density at radius 2 is 1.77 bits per heavy atom. The van der Waals surface area contributed by atoms with Crippen molar-refractivity contribution in [2.45, 2.75) is 39.0 Å². The maximum absolute atomic E-state index is 14.6. The fraction of sp³-hybridized carbons (Fsp3) is 0.409. The van der Waals surface area contributed by atoms with Gasteiger partial charge >= 0.3 is 0 Å². The van der Waals surface area contributed by atoms with E-state index in [2.05, 4.69) is 4.72 Å². The predicted octanol–water partition coefficient (Wildman–Crippen LogP) is 4.76. The first-order chi connectivity index (χ1) is 14.2. The van der Waals surface area contributed by atoms with Gasteiger partial charge < -0.3 is 0 Å². The number of ketones is 1. The summed E-state index contributed by atoms with van der Waals surface area (Å²) < 4.78 is 69.1. The van der Waals surface area contributed by atoms with E-state index in [1.807, 2.05) is 0 Å². The summed E-state index contributed by atoms with van der Waals surface area (Å²) in [6.07, 6.45) is 4.76. The molecule has 0 bridgehead atoms. The molecule has 3 rings (SSSR count). The molecular formula is C22H24F3NO3S. The number of benzene rings is 2. The smallest absolute Gasteiger partial charge is 0.212 e. The fourth-order valence-corrected chi connectivity index (χ4v) is 5.27. The zero-order valence-electron chi connectivity index (χ0n) is 16.7. The predicted molar refractivity (Wildman–Crippen MR) is 109 cm³/mol. The average molecular weight is 439 g/mol. The van der Waals surface area contributed by atoms with Crippen LogP contribution in [0, 0.1) is 30.3 Å². The summed E-state index contributed by atoms with van der Waals surface area (Å²) in [5.41, 5.74) is -0.261. The topological polar surface area (TPSA) is 63.2 Å². The second kappa shape index (κ2) is 9.31. The Hall–Kier alpha value is -2.19. The molecule has 162 valence electrons. The zero-order chi connectivity index (χ0) is 21.9. The van der Waals surface area contributed by atoms with Crippen molar-refractivity contribution in [1.29, 1.82) is 0 Å². The lowest BCUT2D eigenvalue weighted by Gasteiger charge is -2.21. The van der Waals surface area contributed by atoms with E-state index in [0.29, 0.717) is 0 Å². The SMILES string of the molecule is Cc1cc(-c2cccc(F)c2F)cc(C(=O)CNS(=O)(=O)CC2CCCCC2)c1F. The fourth-order valence-electron chi connectivity index (χ4n) is 3.85. The summed E-state index contributed by atoms with van der Waals surface area (Å²) in [7, 11) is -3.68. The molecule has 0 saturated heterocycles. The van der Waals surface area contributed by atoms with Gasteiger partial charge in [0.2, 0.25) is 10.0 Å². The van der Waals surface area contributed by atoms with E-state index < -0.39 is 39.8 Å². The van der Waals surface area contributed by atoms with Gasteiger partial charge in [-0.25, -0.2) is 26.3 Å². The Morgan fingerprint density at radius 3 is 2.47 bits per heavy atom. The highest BCUT2D eigenvalue weighted by Crippen LogP contribution is 2.28. The van der Waals surface area contributed by atoms with Crippen LogP contribution in [0.2, 0.25) is 0 Å². The van der Waals surface area contributed by atoms with E-state index >= 15 is 0 Å². The van der Waals surface area contributed by atoms with Crippen molar-refractivity contribution in [3.8, 4) is 11.1 Å². The molecule has 30 heavy (non-hydrogen) atoms. The van der Waals surface area contributed by atoms with Crippen molar-refractivity contribution in [2.24, 2.45) is 5.92 Å². The summed E-state index contributed by atoms with van der Waals surface area (Å²) in [6, 6.07) is 6.04. The number of aryl methyl sites for hydroxylation is 1. The van der Waals surface area contributed by atoms with Crippen LogP contribution in [0.15, 0.2) is 30.3 Å². The molecule has 0 aliphatic heterocycles. The van der Waals surface area contributed by atoms with Crippen molar-refractivity contribution in [3.05, 3.63) is 58.9 Å². The number of halogens is 3. The molecule has 4 nitrogen and oxygen atoms in total. The van der Waals surface area contributed by atoms with Gasteiger partial charge in [0.15, 0.2) is 17.4 Å². The van der Waals surface area contributed by atoms with Gasteiger partial charge in [0, 0.05) is 5.56 Å². The third kappa shape index (κ3) is 5.29. The Morgan fingerprint density at radius 1 is 1.07 bits per heavy atom. The van der Waals surface area contributed by atoms with Crippen LogP contribution in [0.4, 0.5) is 13.2 Å². The molecule has 0 amide bonds. The van der Waals surface area contributed by atoms with Gasteiger partial charge in [0.25, 0.3) is 0 Å². The number of nitrogens with one attached hydrogen (secondary N) is 1.